The highest BCUT2D eigenvalue weighted by Crippen LogP contribution is 2.08. The minimum atomic E-state index is 0.144. The van der Waals surface area contributed by atoms with E-state index in [2.05, 4.69) is 0 Å². The first-order chi connectivity index (χ1) is 6.59. The molecule has 0 saturated heterocycles. The van der Waals surface area contributed by atoms with Crippen LogP contribution in [0.3, 0.4) is 0 Å². The minimum absolute atomic E-state index is 0.144. The molecule has 0 unspecified atom stereocenters. The molecule has 0 radical (unpaired) electrons. The molecule has 1 rings (SSSR count). The molecular formula is C11H16N2O. The fourth-order valence-corrected chi connectivity index (χ4v) is 1.18. The number of Topliss-reactive ketones (excluding diaryl/α,β-unsaturated/α-hetero) is 1. The van der Waals surface area contributed by atoms with Crippen molar-refractivity contribution in [2.75, 3.05) is 26.4 Å². The van der Waals surface area contributed by atoms with Gasteiger partial charge in [-0.15, -0.1) is 0 Å². The molecule has 0 amide bonds. The van der Waals surface area contributed by atoms with Gasteiger partial charge in [-0.25, -0.2) is 0 Å². The van der Waals surface area contributed by atoms with Crippen LogP contribution in [0.2, 0.25) is 0 Å². The van der Waals surface area contributed by atoms with Gasteiger partial charge in [-0.05, 0) is 26.2 Å². The molecule has 0 aromatic heterocycles. The van der Waals surface area contributed by atoms with E-state index in [1.807, 2.05) is 19.0 Å². The Morgan fingerprint density at radius 1 is 1.43 bits per heavy atom. The van der Waals surface area contributed by atoms with Crippen LogP contribution in [-0.4, -0.2) is 31.3 Å². The van der Waals surface area contributed by atoms with E-state index in [1.165, 1.54) is 0 Å². The summed E-state index contributed by atoms with van der Waals surface area (Å²) >= 11 is 0. The predicted molar refractivity (Wildman–Crippen MR) is 58.4 cm³/mol. The lowest BCUT2D eigenvalue weighted by Gasteiger charge is -2.08. The maximum absolute atomic E-state index is 11.6. The maximum atomic E-state index is 11.6. The number of hydrogen-bond acceptors (Lipinski definition) is 3. The van der Waals surface area contributed by atoms with Crippen LogP contribution in [0.25, 0.3) is 0 Å². The molecule has 0 aliphatic rings. The molecule has 14 heavy (non-hydrogen) atoms. The second-order valence-electron chi connectivity index (χ2n) is 3.60. The van der Waals surface area contributed by atoms with Gasteiger partial charge >= 0.3 is 0 Å². The fraction of sp³-hybridized carbons (Fsp3) is 0.364. The lowest BCUT2D eigenvalue weighted by atomic mass is 10.1. The Morgan fingerprint density at radius 3 is 2.71 bits per heavy atom. The molecule has 0 aliphatic carbocycles. The Bertz CT molecular complexity index is 321. The molecular weight excluding hydrogens is 176 g/mol. The number of rotatable bonds is 4. The number of ketones is 1. The summed E-state index contributed by atoms with van der Waals surface area (Å²) in [7, 11) is 3.90. The van der Waals surface area contributed by atoms with E-state index in [1.54, 1.807) is 24.3 Å². The highest BCUT2D eigenvalue weighted by molar-refractivity contribution is 5.96. The van der Waals surface area contributed by atoms with Crippen molar-refractivity contribution >= 4 is 11.5 Å². The SMILES string of the molecule is CN(C)CCC(=O)c1cccc(N)c1. The third kappa shape index (κ3) is 3.18. The summed E-state index contributed by atoms with van der Waals surface area (Å²) in [6.07, 6.45) is 0.538. The van der Waals surface area contributed by atoms with Crippen LogP contribution in [0, 0.1) is 0 Å². The molecule has 3 nitrogen and oxygen atoms in total. The second-order valence-corrected chi connectivity index (χ2v) is 3.60. The molecule has 0 fully saturated rings. The van der Waals surface area contributed by atoms with Crippen LogP contribution in [-0.2, 0) is 0 Å². The van der Waals surface area contributed by atoms with Crippen molar-refractivity contribution in [2.45, 2.75) is 6.42 Å². The van der Waals surface area contributed by atoms with E-state index in [0.717, 1.165) is 6.54 Å². The Balaban J connectivity index is 2.61. The smallest absolute Gasteiger partial charge is 0.164 e. The van der Waals surface area contributed by atoms with Crippen LogP contribution >= 0.6 is 0 Å². The lowest BCUT2D eigenvalue weighted by molar-refractivity contribution is 0.0972. The zero-order valence-corrected chi connectivity index (χ0v) is 8.66. The highest BCUT2D eigenvalue weighted by atomic mass is 16.1. The maximum Gasteiger partial charge on any atom is 0.164 e. The van der Waals surface area contributed by atoms with Crippen LogP contribution in [0.5, 0.6) is 0 Å². The normalized spacial score (nSPS) is 10.5. The van der Waals surface area contributed by atoms with E-state index >= 15 is 0 Å². The number of carbonyl (C=O) groups excluding carboxylic acids is 1. The molecule has 0 atom stereocenters. The largest absolute Gasteiger partial charge is 0.399 e. The van der Waals surface area contributed by atoms with Gasteiger partial charge in [-0.2, -0.15) is 0 Å². The third-order valence-electron chi connectivity index (χ3n) is 1.99. The van der Waals surface area contributed by atoms with E-state index in [0.29, 0.717) is 17.7 Å². The molecule has 0 spiro atoms. The Labute approximate surface area is 84.5 Å². The van der Waals surface area contributed by atoms with Crippen LogP contribution in [0.1, 0.15) is 16.8 Å². The monoisotopic (exact) mass is 192 g/mol. The summed E-state index contributed by atoms with van der Waals surface area (Å²) in [6, 6.07) is 7.10. The molecule has 1 aromatic rings. The topological polar surface area (TPSA) is 46.3 Å². The lowest BCUT2D eigenvalue weighted by Crippen LogP contribution is -2.16. The molecule has 3 heteroatoms. The van der Waals surface area contributed by atoms with E-state index in [4.69, 9.17) is 5.73 Å². The zero-order valence-electron chi connectivity index (χ0n) is 8.66. The number of benzene rings is 1. The van der Waals surface area contributed by atoms with Gasteiger partial charge in [-0.1, -0.05) is 12.1 Å². The first-order valence-electron chi connectivity index (χ1n) is 4.63. The van der Waals surface area contributed by atoms with Crippen LogP contribution in [0.15, 0.2) is 24.3 Å². The molecule has 0 heterocycles. The Morgan fingerprint density at radius 2 is 2.14 bits per heavy atom. The standard InChI is InChI=1S/C11H16N2O/c1-13(2)7-6-11(14)9-4-3-5-10(12)8-9/h3-5,8H,6-7,12H2,1-2H3. The van der Waals surface area contributed by atoms with Gasteiger partial charge in [0.15, 0.2) is 5.78 Å². The van der Waals surface area contributed by atoms with Crippen molar-refractivity contribution in [2.24, 2.45) is 0 Å². The minimum Gasteiger partial charge on any atom is -0.399 e. The molecule has 0 aliphatic heterocycles. The molecule has 1 aromatic carbocycles. The van der Waals surface area contributed by atoms with Crippen molar-refractivity contribution in [3.63, 3.8) is 0 Å². The van der Waals surface area contributed by atoms with Crippen LogP contribution < -0.4 is 5.73 Å². The Hall–Kier alpha value is -1.35. The van der Waals surface area contributed by atoms with Gasteiger partial charge in [0, 0.05) is 24.2 Å². The van der Waals surface area contributed by atoms with Gasteiger partial charge in [0.05, 0.1) is 0 Å². The average molecular weight is 192 g/mol. The molecule has 76 valence electrons. The molecule has 2 N–H and O–H groups in total. The van der Waals surface area contributed by atoms with Crippen LogP contribution in [0.4, 0.5) is 5.69 Å². The fourth-order valence-electron chi connectivity index (χ4n) is 1.18. The van der Waals surface area contributed by atoms with E-state index in [9.17, 15) is 4.79 Å². The molecule has 0 bridgehead atoms. The number of nitrogen functional groups attached to an aromatic ring is 1. The summed E-state index contributed by atoms with van der Waals surface area (Å²) in [5.41, 5.74) is 6.93. The average Bonchev–Trinajstić information content (AvgIpc) is 2.14. The number of nitrogens with zero attached hydrogens (tertiary/aromatic N) is 1. The van der Waals surface area contributed by atoms with Gasteiger partial charge < -0.3 is 10.6 Å². The number of hydrogen-bond donors (Lipinski definition) is 1. The second kappa shape index (κ2) is 4.77. The number of carbonyl (C=O) groups is 1. The van der Waals surface area contributed by atoms with Crippen molar-refractivity contribution in [3.05, 3.63) is 29.8 Å². The number of nitrogens with two attached hydrogens (primary N) is 1. The van der Waals surface area contributed by atoms with Gasteiger partial charge in [0.25, 0.3) is 0 Å². The third-order valence-corrected chi connectivity index (χ3v) is 1.99. The zero-order chi connectivity index (χ0) is 10.6. The number of anilines is 1. The summed E-state index contributed by atoms with van der Waals surface area (Å²) in [5, 5.41) is 0. The summed E-state index contributed by atoms with van der Waals surface area (Å²) in [5.74, 6) is 0.144. The summed E-state index contributed by atoms with van der Waals surface area (Å²) in [4.78, 5) is 13.6. The van der Waals surface area contributed by atoms with Gasteiger partial charge in [-0.3, -0.25) is 4.79 Å². The van der Waals surface area contributed by atoms with Gasteiger partial charge in [0.2, 0.25) is 0 Å². The van der Waals surface area contributed by atoms with Crippen molar-refractivity contribution < 1.29 is 4.79 Å². The van der Waals surface area contributed by atoms with Crippen molar-refractivity contribution in [1.82, 2.24) is 4.90 Å². The summed E-state index contributed by atoms with van der Waals surface area (Å²) in [6.45, 7) is 0.771. The first-order valence-corrected chi connectivity index (χ1v) is 4.63. The quantitative estimate of drug-likeness (QED) is 0.579. The van der Waals surface area contributed by atoms with Gasteiger partial charge in [0.1, 0.15) is 0 Å². The van der Waals surface area contributed by atoms with Crippen molar-refractivity contribution in [1.29, 1.82) is 0 Å². The Kier molecular flexibility index (Phi) is 3.65. The first kappa shape index (κ1) is 10.7. The highest BCUT2D eigenvalue weighted by Gasteiger charge is 2.05. The van der Waals surface area contributed by atoms with Crippen molar-refractivity contribution in [3.8, 4) is 0 Å². The molecule has 0 saturated carbocycles. The van der Waals surface area contributed by atoms with E-state index < -0.39 is 0 Å². The van der Waals surface area contributed by atoms with E-state index in [-0.39, 0.29) is 5.78 Å². The predicted octanol–water partition coefficient (Wildman–Crippen LogP) is 1.40. The summed E-state index contributed by atoms with van der Waals surface area (Å²) < 4.78 is 0.